The molecule has 5 rings (SSSR count). The molecule has 176 valence electrons. The van der Waals surface area contributed by atoms with Crippen molar-refractivity contribution < 1.29 is 0 Å². The Morgan fingerprint density at radius 2 is 1.69 bits per heavy atom. The van der Waals surface area contributed by atoms with Gasteiger partial charge in [0.15, 0.2) is 11.6 Å². The van der Waals surface area contributed by atoms with Crippen molar-refractivity contribution in [3.63, 3.8) is 0 Å². The Hall–Kier alpha value is -4.20. The molecule has 3 aromatic heterocycles. The van der Waals surface area contributed by atoms with Gasteiger partial charge in [0, 0.05) is 30.2 Å². The summed E-state index contributed by atoms with van der Waals surface area (Å²) in [5.41, 5.74) is 5.06. The number of benzene rings is 2. The quantitative estimate of drug-likeness (QED) is 0.296. The summed E-state index contributed by atoms with van der Waals surface area (Å²) < 4.78 is 2.04. The fourth-order valence-corrected chi connectivity index (χ4v) is 4.16. The average molecular weight is 465 g/mol. The van der Waals surface area contributed by atoms with Crippen LogP contribution in [-0.2, 0) is 19.4 Å². The largest absolute Gasteiger partial charge is 0.256 e. The molecule has 0 saturated carbocycles. The first-order valence-corrected chi connectivity index (χ1v) is 12.0. The molecule has 35 heavy (non-hydrogen) atoms. The number of aromatic nitrogens is 8. The molecule has 0 aliphatic carbocycles. The summed E-state index contributed by atoms with van der Waals surface area (Å²) in [5, 5.41) is 19.2. The molecular formula is C27H28N8. The van der Waals surface area contributed by atoms with Crippen LogP contribution in [0.2, 0.25) is 0 Å². The van der Waals surface area contributed by atoms with Crippen molar-refractivity contribution in [2.24, 2.45) is 0 Å². The van der Waals surface area contributed by atoms with Gasteiger partial charge < -0.3 is 0 Å². The second-order valence-corrected chi connectivity index (χ2v) is 8.57. The summed E-state index contributed by atoms with van der Waals surface area (Å²) in [6, 6.07) is 22.5. The lowest BCUT2D eigenvalue weighted by Crippen LogP contribution is -2.08. The van der Waals surface area contributed by atoms with Gasteiger partial charge >= 0.3 is 0 Å². The number of aryl methyl sites for hydroxylation is 1. The second kappa shape index (κ2) is 10.8. The van der Waals surface area contributed by atoms with E-state index in [-0.39, 0.29) is 0 Å². The van der Waals surface area contributed by atoms with Crippen LogP contribution >= 0.6 is 0 Å². The fraction of sp³-hybridized carbons (Fsp3) is 0.259. The Bertz CT molecular complexity index is 1340. The van der Waals surface area contributed by atoms with Crippen molar-refractivity contribution in [3.8, 4) is 22.6 Å². The van der Waals surface area contributed by atoms with Gasteiger partial charge in [-0.3, -0.25) is 4.98 Å². The SMILES string of the molecule is CCCCCc1nc(Cc2ccccc2)nn1Cc1ccc(-c2ccccc2-c2nnn[nH]2)nc1. The molecule has 3 heterocycles. The number of H-pyrrole nitrogens is 1. The van der Waals surface area contributed by atoms with E-state index in [1.54, 1.807) is 0 Å². The summed E-state index contributed by atoms with van der Waals surface area (Å²) in [7, 11) is 0. The number of hydrogen-bond acceptors (Lipinski definition) is 6. The van der Waals surface area contributed by atoms with E-state index < -0.39 is 0 Å². The Balaban J connectivity index is 1.37. The number of tetrazole rings is 1. The number of aromatic amines is 1. The first-order valence-electron chi connectivity index (χ1n) is 12.0. The number of nitrogens with zero attached hydrogens (tertiary/aromatic N) is 7. The van der Waals surface area contributed by atoms with Crippen molar-refractivity contribution in [2.45, 2.75) is 45.6 Å². The van der Waals surface area contributed by atoms with E-state index in [0.717, 1.165) is 53.3 Å². The zero-order chi connectivity index (χ0) is 23.9. The lowest BCUT2D eigenvalue weighted by molar-refractivity contribution is 0.604. The highest BCUT2D eigenvalue weighted by atomic mass is 15.5. The molecule has 0 aliphatic heterocycles. The molecule has 0 fully saturated rings. The van der Waals surface area contributed by atoms with Crippen LogP contribution in [-0.4, -0.2) is 40.4 Å². The molecule has 0 unspecified atom stereocenters. The summed E-state index contributed by atoms with van der Waals surface area (Å²) in [5.74, 6) is 2.52. The van der Waals surface area contributed by atoms with Gasteiger partial charge in [0.05, 0.1) is 12.2 Å². The van der Waals surface area contributed by atoms with Gasteiger partial charge in [-0.05, 0) is 34.0 Å². The summed E-state index contributed by atoms with van der Waals surface area (Å²) in [6.45, 7) is 2.86. The molecule has 0 atom stereocenters. The number of rotatable bonds is 10. The van der Waals surface area contributed by atoms with Crippen molar-refractivity contribution in [1.29, 1.82) is 0 Å². The molecule has 0 bridgehead atoms. The van der Waals surface area contributed by atoms with E-state index in [1.165, 1.54) is 18.4 Å². The van der Waals surface area contributed by atoms with Gasteiger partial charge in [0.2, 0.25) is 0 Å². The molecule has 0 radical (unpaired) electrons. The third-order valence-corrected chi connectivity index (χ3v) is 5.96. The average Bonchev–Trinajstić information content (AvgIpc) is 3.56. The lowest BCUT2D eigenvalue weighted by atomic mass is 10.0. The first-order chi connectivity index (χ1) is 17.3. The second-order valence-electron chi connectivity index (χ2n) is 8.57. The normalized spacial score (nSPS) is 11.1. The van der Waals surface area contributed by atoms with Crippen LogP contribution in [0.25, 0.3) is 22.6 Å². The molecule has 1 N–H and O–H groups in total. The molecule has 0 saturated heterocycles. The van der Waals surface area contributed by atoms with E-state index in [0.29, 0.717) is 12.4 Å². The van der Waals surface area contributed by atoms with E-state index >= 15 is 0 Å². The highest BCUT2D eigenvalue weighted by molar-refractivity contribution is 5.78. The predicted octanol–water partition coefficient (Wildman–Crippen LogP) is 4.89. The maximum absolute atomic E-state index is 4.89. The molecule has 5 aromatic rings. The Labute approximate surface area is 204 Å². The van der Waals surface area contributed by atoms with Crippen LogP contribution in [0.3, 0.4) is 0 Å². The standard InChI is InChI=1S/C27H28N8/c1-2-3-5-14-26-29-25(17-20-10-6-4-7-11-20)32-35(26)19-21-15-16-24(28-18-21)22-12-8-9-13-23(22)27-30-33-34-31-27/h4,6-13,15-16,18H,2-3,5,14,17,19H2,1H3,(H,30,31,33,34). The van der Waals surface area contributed by atoms with E-state index in [9.17, 15) is 0 Å². The lowest BCUT2D eigenvalue weighted by Gasteiger charge is -2.09. The molecule has 0 spiro atoms. The zero-order valence-corrected chi connectivity index (χ0v) is 19.8. The van der Waals surface area contributed by atoms with Crippen LogP contribution in [0.5, 0.6) is 0 Å². The minimum atomic E-state index is 0.622. The van der Waals surface area contributed by atoms with Gasteiger partial charge in [-0.2, -0.15) is 5.10 Å². The number of nitrogens with one attached hydrogen (secondary N) is 1. The maximum atomic E-state index is 4.89. The van der Waals surface area contributed by atoms with E-state index in [2.05, 4.69) is 57.9 Å². The van der Waals surface area contributed by atoms with Crippen molar-refractivity contribution in [3.05, 3.63) is 95.7 Å². The monoisotopic (exact) mass is 464 g/mol. The topological polar surface area (TPSA) is 98.1 Å². The highest BCUT2D eigenvalue weighted by Crippen LogP contribution is 2.28. The van der Waals surface area contributed by atoms with Crippen LogP contribution in [0.4, 0.5) is 0 Å². The maximum Gasteiger partial charge on any atom is 0.180 e. The molecule has 8 nitrogen and oxygen atoms in total. The van der Waals surface area contributed by atoms with Crippen LogP contribution in [0.1, 0.15) is 49.0 Å². The number of pyridine rings is 1. The smallest absolute Gasteiger partial charge is 0.180 e. The zero-order valence-electron chi connectivity index (χ0n) is 19.8. The molecule has 2 aromatic carbocycles. The molecule has 0 aliphatic rings. The van der Waals surface area contributed by atoms with Gasteiger partial charge in [-0.25, -0.2) is 14.8 Å². The molecular weight excluding hydrogens is 436 g/mol. The Morgan fingerprint density at radius 1 is 0.857 bits per heavy atom. The summed E-state index contributed by atoms with van der Waals surface area (Å²) >= 11 is 0. The van der Waals surface area contributed by atoms with Gasteiger partial charge in [-0.15, -0.1) is 5.10 Å². The summed E-state index contributed by atoms with van der Waals surface area (Å²) in [4.78, 5) is 9.64. The number of hydrogen-bond donors (Lipinski definition) is 1. The van der Waals surface area contributed by atoms with Crippen molar-refractivity contribution in [2.75, 3.05) is 0 Å². The van der Waals surface area contributed by atoms with Crippen LogP contribution in [0.15, 0.2) is 72.9 Å². The predicted molar refractivity (Wildman–Crippen MR) is 134 cm³/mol. The molecule has 0 amide bonds. The van der Waals surface area contributed by atoms with Gasteiger partial charge in [0.25, 0.3) is 0 Å². The highest BCUT2D eigenvalue weighted by Gasteiger charge is 2.13. The van der Waals surface area contributed by atoms with Crippen LogP contribution < -0.4 is 0 Å². The van der Waals surface area contributed by atoms with Gasteiger partial charge in [0.1, 0.15) is 5.82 Å². The van der Waals surface area contributed by atoms with E-state index in [1.807, 2.05) is 47.3 Å². The van der Waals surface area contributed by atoms with Crippen molar-refractivity contribution >= 4 is 0 Å². The minimum Gasteiger partial charge on any atom is -0.256 e. The third kappa shape index (κ3) is 5.48. The molecule has 8 heteroatoms. The van der Waals surface area contributed by atoms with Crippen molar-refractivity contribution in [1.82, 2.24) is 40.4 Å². The van der Waals surface area contributed by atoms with Gasteiger partial charge in [-0.1, -0.05) is 80.4 Å². The minimum absolute atomic E-state index is 0.622. The van der Waals surface area contributed by atoms with Crippen LogP contribution in [0, 0.1) is 0 Å². The van der Waals surface area contributed by atoms with E-state index in [4.69, 9.17) is 15.1 Å². The Morgan fingerprint density at radius 3 is 2.43 bits per heavy atom. The first kappa shape index (κ1) is 22.6. The third-order valence-electron chi connectivity index (χ3n) is 5.96. The summed E-state index contributed by atoms with van der Waals surface area (Å²) in [6.07, 6.45) is 7.07. The Kier molecular flexibility index (Phi) is 6.98. The fourth-order valence-electron chi connectivity index (χ4n) is 4.16. The number of unbranched alkanes of at least 4 members (excludes halogenated alkanes) is 2.